The lowest BCUT2D eigenvalue weighted by Crippen LogP contribution is -2.25. The zero-order chi connectivity index (χ0) is 12.1. The summed E-state index contributed by atoms with van der Waals surface area (Å²) in [5, 5.41) is 2.41. The van der Waals surface area contributed by atoms with Crippen LogP contribution in [0.5, 0.6) is 5.75 Å². The number of hydrogen-bond donors (Lipinski definition) is 2. The van der Waals surface area contributed by atoms with Gasteiger partial charge in [0.2, 0.25) is 0 Å². The average Bonchev–Trinajstić information content (AvgIpc) is 2.25. The number of carbonyl (C=O) groups excluding carboxylic acids is 1. The Morgan fingerprint density at radius 2 is 2.31 bits per heavy atom. The first-order chi connectivity index (χ1) is 7.54. The fourth-order valence-electron chi connectivity index (χ4n) is 1.22. The molecule has 3 N–H and O–H groups in total. The van der Waals surface area contributed by atoms with E-state index in [9.17, 15) is 9.18 Å². The van der Waals surface area contributed by atoms with Crippen molar-refractivity contribution in [3.63, 3.8) is 0 Å². The largest absolute Gasteiger partial charge is 0.483 e. The highest BCUT2D eigenvalue weighted by Gasteiger charge is 2.10. The van der Waals surface area contributed by atoms with Crippen LogP contribution in [0.25, 0.3) is 0 Å². The molecule has 88 valence electrons. The maximum absolute atomic E-state index is 13.0. The highest BCUT2D eigenvalue weighted by Crippen LogP contribution is 2.24. The van der Waals surface area contributed by atoms with Crippen molar-refractivity contribution in [2.45, 2.75) is 13.0 Å². The average molecular weight is 226 g/mol. The number of benzene rings is 1. The minimum absolute atomic E-state index is 0.153. The second kappa shape index (κ2) is 5.46. The maximum Gasteiger partial charge on any atom is 0.257 e. The van der Waals surface area contributed by atoms with Crippen molar-refractivity contribution >= 4 is 5.91 Å². The molecule has 4 nitrogen and oxygen atoms in total. The minimum atomic E-state index is -0.420. The summed E-state index contributed by atoms with van der Waals surface area (Å²) in [6, 6.07) is 3.81. The van der Waals surface area contributed by atoms with Gasteiger partial charge in [0.1, 0.15) is 11.6 Å². The highest BCUT2D eigenvalue weighted by molar-refractivity contribution is 5.77. The molecule has 1 aromatic carbocycles. The third kappa shape index (κ3) is 3.20. The van der Waals surface area contributed by atoms with E-state index in [1.807, 2.05) is 0 Å². The van der Waals surface area contributed by atoms with Crippen LogP contribution in [0.15, 0.2) is 18.2 Å². The van der Waals surface area contributed by atoms with Gasteiger partial charge < -0.3 is 15.8 Å². The number of ether oxygens (including phenoxy) is 1. The molecular formula is C11H15FN2O2. The van der Waals surface area contributed by atoms with Crippen molar-refractivity contribution in [2.75, 3.05) is 13.7 Å². The topological polar surface area (TPSA) is 64.3 Å². The van der Waals surface area contributed by atoms with E-state index in [1.165, 1.54) is 19.2 Å². The van der Waals surface area contributed by atoms with Crippen LogP contribution in [0, 0.1) is 5.82 Å². The first kappa shape index (κ1) is 12.4. The molecule has 0 aliphatic carbocycles. The molecule has 0 aliphatic heterocycles. The van der Waals surface area contributed by atoms with Crippen molar-refractivity contribution in [2.24, 2.45) is 5.73 Å². The predicted octanol–water partition coefficient (Wildman–Crippen LogP) is 0.970. The third-order valence-corrected chi connectivity index (χ3v) is 2.10. The number of nitrogens with one attached hydrogen (secondary N) is 1. The summed E-state index contributed by atoms with van der Waals surface area (Å²) in [6.45, 7) is 1.61. The van der Waals surface area contributed by atoms with Gasteiger partial charge in [-0.05, 0) is 13.0 Å². The highest BCUT2D eigenvalue weighted by atomic mass is 19.1. The normalized spacial score (nSPS) is 12.0. The summed E-state index contributed by atoms with van der Waals surface area (Å²) in [5.74, 6) is -0.394. The van der Waals surface area contributed by atoms with Crippen molar-refractivity contribution in [1.82, 2.24) is 5.32 Å². The zero-order valence-corrected chi connectivity index (χ0v) is 9.29. The van der Waals surface area contributed by atoms with Crippen LogP contribution in [0.1, 0.15) is 18.5 Å². The van der Waals surface area contributed by atoms with Crippen LogP contribution in [0.3, 0.4) is 0 Å². The van der Waals surface area contributed by atoms with Gasteiger partial charge in [0.25, 0.3) is 5.91 Å². The van der Waals surface area contributed by atoms with Crippen LogP contribution in [0.2, 0.25) is 0 Å². The summed E-state index contributed by atoms with van der Waals surface area (Å²) in [7, 11) is 1.50. The summed E-state index contributed by atoms with van der Waals surface area (Å²) >= 11 is 0. The first-order valence-corrected chi connectivity index (χ1v) is 4.93. The smallest absolute Gasteiger partial charge is 0.257 e. The fourth-order valence-corrected chi connectivity index (χ4v) is 1.22. The molecule has 16 heavy (non-hydrogen) atoms. The van der Waals surface area contributed by atoms with E-state index in [0.717, 1.165) is 0 Å². The molecule has 0 unspecified atom stereocenters. The molecule has 1 rings (SSSR count). The molecule has 0 fully saturated rings. The van der Waals surface area contributed by atoms with E-state index in [4.69, 9.17) is 10.5 Å². The van der Waals surface area contributed by atoms with Crippen LogP contribution >= 0.6 is 0 Å². The molecule has 0 bridgehead atoms. The van der Waals surface area contributed by atoms with E-state index >= 15 is 0 Å². The van der Waals surface area contributed by atoms with Crippen molar-refractivity contribution in [1.29, 1.82) is 0 Å². The molecular weight excluding hydrogens is 211 g/mol. The standard InChI is InChI=1S/C11H15FN2O2/c1-7(13)9-4-3-8(12)5-10(9)16-6-11(15)14-2/h3-5,7H,6,13H2,1-2H3,(H,14,15)/t7-/m1/s1. The Kier molecular flexibility index (Phi) is 4.25. The molecule has 0 saturated carbocycles. The minimum Gasteiger partial charge on any atom is -0.483 e. The fraction of sp³-hybridized carbons (Fsp3) is 0.364. The number of nitrogens with two attached hydrogens (primary N) is 1. The van der Waals surface area contributed by atoms with E-state index < -0.39 is 5.82 Å². The Labute approximate surface area is 93.6 Å². The number of halogens is 1. The predicted molar refractivity (Wildman–Crippen MR) is 58.6 cm³/mol. The van der Waals surface area contributed by atoms with E-state index in [0.29, 0.717) is 11.3 Å². The van der Waals surface area contributed by atoms with Crippen LogP contribution in [-0.2, 0) is 4.79 Å². The van der Waals surface area contributed by atoms with E-state index in [1.54, 1.807) is 13.0 Å². The Morgan fingerprint density at radius 3 is 2.88 bits per heavy atom. The molecule has 0 radical (unpaired) electrons. The number of amides is 1. The van der Waals surface area contributed by atoms with Crippen molar-refractivity contribution < 1.29 is 13.9 Å². The summed E-state index contributed by atoms with van der Waals surface area (Å²) < 4.78 is 18.2. The van der Waals surface area contributed by atoms with Crippen molar-refractivity contribution in [3.05, 3.63) is 29.6 Å². The first-order valence-electron chi connectivity index (χ1n) is 4.93. The van der Waals surface area contributed by atoms with Gasteiger partial charge >= 0.3 is 0 Å². The van der Waals surface area contributed by atoms with Gasteiger partial charge in [0, 0.05) is 24.7 Å². The monoisotopic (exact) mass is 226 g/mol. The zero-order valence-electron chi connectivity index (χ0n) is 9.29. The SMILES string of the molecule is CNC(=O)COc1cc(F)ccc1[C@@H](C)N. The quantitative estimate of drug-likeness (QED) is 0.804. The molecule has 0 heterocycles. The van der Waals surface area contributed by atoms with Crippen LogP contribution < -0.4 is 15.8 Å². The summed E-state index contributed by atoms with van der Waals surface area (Å²) in [5.41, 5.74) is 6.37. The molecule has 5 heteroatoms. The lowest BCUT2D eigenvalue weighted by Gasteiger charge is -2.13. The van der Waals surface area contributed by atoms with Crippen LogP contribution in [-0.4, -0.2) is 19.6 Å². The van der Waals surface area contributed by atoms with Gasteiger partial charge in [-0.2, -0.15) is 0 Å². The summed E-state index contributed by atoms with van der Waals surface area (Å²) in [6.07, 6.45) is 0. The van der Waals surface area contributed by atoms with E-state index in [2.05, 4.69) is 5.32 Å². The Balaban J connectivity index is 2.84. The van der Waals surface area contributed by atoms with Gasteiger partial charge in [-0.3, -0.25) is 4.79 Å². The number of hydrogen-bond acceptors (Lipinski definition) is 3. The Morgan fingerprint density at radius 1 is 1.62 bits per heavy atom. The third-order valence-electron chi connectivity index (χ3n) is 2.10. The Bertz CT molecular complexity index is 380. The molecule has 1 atom stereocenters. The molecule has 0 saturated heterocycles. The summed E-state index contributed by atoms with van der Waals surface area (Å²) in [4.78, 5) is 11.0. The lowest BCUT2D eigenvalue weighted by molar-refractivity contribution is -0.122. The molecule has 1 amide bonds. The van der Waals surface area contributed by atoms with Gasteiger partial charge in [-0.15, -0.1) is 0 Å². The molecule has 1 aromatic rings. The van der Waals surface area contributed by atoms with E-state index in [-0.39, 0.29) is 18.6 Å². The lowest BCUT2D eigenvalue weighted by atomic mass is 10.1. The Hall–Kier alpha value is -1.62. The van der Waals surface area contributed by atoms with Gasteiger partial charge in [-0.1, -0.05) is 6.07 Å². The second-order valence-corrected chi connectivity index (χ2v) is 3.43. The maximum atomic E-state index is 13.0. The molecule has 0 spiro atoms. The number of carbonyl (C=O) groups is 1. The van der Waals surface area contributed by atoms with Gasteiger partial charge in [0.05, 0.1) is 0 Å². The second-order valence-electron chi connectivity index (χ2n) is 3.43. The number of rotatable bonds is 4. The van der Waals surface area contributed by atoms with Gasteiger partial charge in [0.15, 0.2) is 6.61 Å². The van der Waals surface area contributed by atoms with Gasteiger partial charge in [-0.25, -0.2) is 4.39 Å². The van der Waals surface area contributed by atoms with Crippen LogP contribution in [0.4, 0.5) is 4.39 Å². The molecule has 0 aliphatic rings. The molecule has 0 aromatic heterocycles. The number of likely N-dealkylation sites (N-methyl/N-ethyl adjacent to an activating group) is 1. The van der Waals surface area contributed by atoms with Crippen molar-refractivity contribution in [3.8, 4) is 5.75 Å².